The number of hydrogen-bond acceptors (Lipinski definition) is 4. The highest BCUT2D eigenvalue weighted by Crippen LogP contribution is 2.35. The molecule has 1 aliphatic carbocycles. The number of nitro benzene ring substituents is 1. The summed E-state index contributed by atoms with van der Waals surface area (Å²) in [6.45, 7) is 2.24. The quantitative estimate of drug-likeness (QED) is 0.678. The van der Waals surface area contributed by atoms with Gasteiger partial charge in [-0.2, -0.15) is 0 Å². The number of benzene rings is 1. The molecule has 0 saturated heterocycles. The van der Waals surface area contributed by atoms with Gasteiger partial charge < -0.3 is 10.5 Å². The van der Waals surface area contributed by atoms with Crippen LogP contribution in [0.4, 0.5) is 5.69 Å². The summed E-state index contributed by atoms with van der Waals surface area (Å²) in [6.07, 6.45) is 4.78. The maximum absolute atomic E-state index is 10.9. The molecule has 110 valence electrons. The van der Waals surface area contributed by atoms with Gasteiger partial charge in [0.15, 0.2) is 0 Å². The molecule has 0 bridgehead atoms. The first-order valence-corrected chi connectivity index (χ1v) is 7.04. The summed E-state index contributed by atoms with van der Waals surface area (Å²) in [7, 11) is 1.58. The summed E-state index contributed by atoms with van der Waals surface area (Å²) < 4.78 is 5.31. The van der Waals surface area contributed by atoms with E-state index in [-0.39, 0.29) is 16.1 Å². The van der Waals surface area contributed by atoms with Gasteiger partial charge in [-0.25, -0.2) is 0 Å². The van der Waals surface area contributed by atoms with E-state index in [1.807, 2.05) is 0 Å². The van der Waals surface area contributed by atoms with Gasteiger partial charge in [0, 0.05) is 23.2 Å². The van der Waals surface area contributed by atoms with Crippen molar-refractivity contribution in [2.24, 2.45) is 11.7 Å². The van der Waals surface area contributed by atoms with E-state index in [9.17, 15) is 10.1 Å². The summed E-state index contributed by atoms with van der Waals surface area (Å²) in [4.78, 5) is 10.5. The van der Waals surface area contributed by atoms with Gasteiger partial charge in [-0.15, -0.1) is 0 Å². The third kappa shape index (κ3) is 3.28. The monoisotopic (exact) mass is 278 g/mol. The van der Waals surface area contributed by atoms with Crippen molar-refractivity contribution in [3.8, 4) is 5.75 Å². The Morgan fingerprint density at radius 3 is 2.65 bits per heavy atom. The molecule has 0 aliphatic heterocycles. The third-order valence-corrected chi connectivity index (χ3v) is 4.29. The molecule has 1 aliphatic rings. The van der Waals surface area contributed by atoms with Crippen molar-refractivity contribution >= 4 is 5.69 Å². The van der Waals surface area contributed by atoms with Crippen molar-refractivity contribution < 1.29 is 9.66 Å². The van der Waals surface area contributed by atoms with Crippen LogP contribution in [0, 0.1) is 16.0 Å². The zero-order valence-corrected chi connectivity index (χ0v) is 12.1. The van der Waals surface area contributed by atoms with Crippen LogP contribution in [0.25, 0.3) is 0 Å². The molecule has 1 saturated carbocycles. The van der Waals surface area contributed by atoms with Gasteiger partial charge in [0.1, 0.15) is 5.75 Å². The first-order valence-electron chi connectivity index (χ1n) is 7.04. The van der Waals surface area contributed by atoms with Crippen LogP contribution in [0.15, 0.2) is 18.2 Å². The molecule has 0 aromatic heterocycles. The molecule has 1 aromatic carbocycles. The molecular formula is C15H22N2O3. The molecule has 5 nitrogen and oxygen atoms in total. The number of non-ortho nitro benzene ring substituents is 1. The fraction of sp³-hybridized carbons (Fsp3) is 0.600. The van der Waals surface area contributed by atoms with Crippen LogP contribution >= 0.6 is 0 Å². The molecule has 2 rings (SSSR count). The lowest BCUT2D eigenvalue weighted by atomic mass is 9.74. The van der Waals surface area contributed by atoms with Crippen LogP contribution in [0.1, 0.15) is 38.2 Å². The smallest absolute Gasteiger partial charge is 0.269 e. The Balaban J connectivity index is 2.22. The molecule has 5 heteroatoms. The minimum Gasteiger partial charge on any atom is -0.496 e. The SMILES string of the molecule is COc1ccc([N+](=O)[O-])cc1CC1(N)CCC(C)CC1. The molecule has 0 amide bonds. The fourth-order valence-corrected chi connectivity index (χ4v) is 2.91. The van der Waals surface area contributed by atoms with Crippen LogP contribution in [-0.2, 0) is 6.42 Å². The number of ether oxygens (including phenoxy) is 1. The maximum atomic E-state index is 10.9. The van der Waals surface area contributed by atoms with Crippen molar-refractivity contribution in [3.63, 3.8) is 0 Å². The predicted octanol–water partition coefficient (Wildman–Crippen LogP) is 3.05. The van der Waals surface area contributed by atoms with Gasteiger partial charge in [-0.3, -0.25) is 10.1 Å². The van der Waals surface area contributed by atoms with Crippen LogP contribution in [0.3, 0.4) is 0 Å². The average molecular weight is 278 g/mol. The number of nitro groups is 1. The lowest BCUT2D eigenvalue weighted by Gasteiger charge is -2.36. The highest BCUT2D eigenvalue weighted by molar-refractivity contribution is 5.44. The summed E-state index contributed by atoms with van der Waals surface area (Å²) in [6, 6.07) is 4.71. The molecular weight excluding hydrogens is 256 g/mol. The van der Waals surface area contributed by atoms with Crippen LogP contribution in [-0.4, -0.2) is 17.6 Å². The van der Waals surface area contributed by atoms with Crippen LogP contribution in [0.2, 0.25) is 0 Å². The summed E-state index contributed by atoms with van der Waals surface area (Å²) >= 11 is 0. The molecule has 0 radical (unpaired) electrons. The molecule has 1 fully saturated rings. The molecule has 0 unspecified atom stereocenters. The second-order valence-corrected chi connectivity index (χ2v) is 5.97. The van der Waals surface area contributed by atoms with Crippen LogP contribution < -0.4 is 10.5 Å². The first-order chi connectivity index (χ1) is 9.43. The van der Waals surface area contributed by atoms with Gasteiger partial charge in [0.25, 0.3) is 5.69 Å². The lowest BCUT2D eigenvalue weighted by molar-refractivity contribution is -0.384. The molecule has 1 aromatic rings. The van der Waals surface area contributed by atoms with E-state index in [2.05, 4.69) is 6.92 Å². The zero-order valence-electron chi connectivity index (χ0n) is 12.1. The molecule has 0 heterocycles. The van der Waals surface area contributed by atoms with E-state index in [1.165, 1.54) is 6.07 Å². The van der Waals surface area contributed by atoms with E-state index in [1.54, 1.807) is 19.2 Å². The topological polar surface area (TPSA) is 78.4 Å². The Bertz CT molecular complexity index is 494. The van der Waals surface area contributed by atoms with Gasteiger partial charge >= 0.3 is 0 Å². The largest absolute Gasteiger partial charge is 0.496 e. The van der Waals surface area contributed by atoms with E-state index in [0.29, 0.717) is 12.2 Å². The minimum absolute atomic E-state index is 0.0913. The highest BCUT2D eigenvalue weighted by atomic mass is 16.6. The number of hydrogen-bond donors (Lipinski definition) is 1. The second-order valence-electron chi connectivity index (χ2n) is 5.97. The second kappa shape index (κ2) is 5.79. The van der Waals surface area contributed by atoms with Crippen molar-refractivity contribution in [2.75, 3.05) is 7.11 Å². The van der Waals surface area contributed by atoms with Gasteiger partial charge in [-0.1, -0.05) is 6.92 Å². The lowest BCUT2D eigenvalue weighted by Crippen LogP contribution is -2.45. The maximum Gasteiger partial charge on any atom is 0.269 e. The Hall–Kier alpha value is -1.62. The summed E-state index contributed by atoms with van der Waals surface area (Å²) in [5, 5.41) is 10.9. The van der Waals surface area contributed by atoms with Gasteiger partial charge in [0.05, 0.1) is 12.0 Å². The van der Waals surface area contributed by atoms with E-state index in [4.69, 9.17) is 10.5 Å². The fourth-order valence-electron chi connectivity index (χ4n) is 2.91. The molecule has 2 N–H and O–H groups in total. The van der Waals surface area contributed by atoms with E-state index < -0.39 is 0 Å². The number of nitrogens with two attached hydrogens (primary N) is 1. The number of rotatable bonds is 4. The van der Waals surface area contributed by atoms with Crippen LogP contribution in [0.5, 0.6) is 5.75 Å². The number of methoxy groups -OCH3 is 1. The van der Waals surface area contributed by atoms with E-state index in [0.717, 1.165) is 37.2 Å². The molecule has 0 atom stereocenters. The Morgan fingerprint density at radius 2 is 2.10 bits per heavy atom. The normalized spacial score (nSPS) is 26.2. The average Bonchev–Trinajstić information content (AvgIpc) is 2.42. The van der Waals surface area contributed by atoms with Gasteiger partial charge in [0.2, 0.25) is 0 Å². The Kier molecular flexibility index (Phi) is 4.28. The highest BCUT2D eigenvalue weighted by Gasteiger charge is 2.31. The van der Waals surface area contributed by atoms with Crippen molar-refractivity contribution in [2.45, 2.75) is 44.6 Å². The minimum atomic E-state index is -0.380. The number of nitrogens with zero attached hydrogens (tertiary/aromatic N) is 1. The van der Waals surface area contributed by atoms with E-state index >= 15 is 0 Å². The Morgan fingerprint density at radius 1 is 1.45 bits per heavy atom. The molecule has 20 heavy (non-hydrogen) atoms. The first kappa shape index (κ1) is 14.8. The molecule has 0 spiro atoms. The summed E-state index contributed by atoms with van der Waals surface area (Å²) in [5.74, 6) is 1.40. The van der Waals surface area contributed by atoms with Crippen molar-refractivity contribution in [1.29, 1.82) is 0 Å². The van der Waals surface area contributed by atoms with Gasteiger partial charge in [-0.05, 0) is 44.1 Å². The third-order valence-electron chi connectivity index (χ3n) is 4.29. The zero-order chi connectivity index (χ0) is 14.8. The predicted molar refractivity (Wildman–Crippen MR) is 77.9 cm³/mol. The summed E-state index contributed by atoms with van der Waals surface area (Å²) in [5.41, 5.74) is 7.13. The standard InChI is InChI=1S/C15H22N2O3/c1-11-5-7-15(16,8-6-11)10-12-9-13(17(18)19)3-4-14(12)20-2/h3-4,9,11H,5-8,10,16H2,1-2H3. The van der Waals surface area contributed by atoms with Crippen molar-refractivity contribution in [1.82, 2.24) is 0 Å². The van der Waals surface area contributed by atoms with Crippen molar-refractivity contribution in [3.05, 3.63) is 33.9 Å². The Labute approximate surface area is 119 Å².